The van der Waals surface area contributed by atoms with Crippen molar-refractivity contribution < 1.29 is 4.42 Å². The fraction of sp³-hybridized carbons (Fsp3) is 0.316. The Morgan fingerprint density at radius 3 is 2.71 bits per heavy atom. The zero-order valence-electron chi connectivity index (χ0n) is 13.5. The number of rotatable bonds is 4. The molecule has 1 fully saturated rings. The van der Waals surface area contributed by atoms with E-state index in [2.05, 4.69) is 32.0 Å². The first-order chi connectivity index (χ1) is 11.9. The molecular weight excluding hydrogens is 300 g/mol. The summed E-state index contributed by atoms with van der Waals surface area (Å²) < 4.78 is 5.34. The molecule has 24 heavy (non-hydrogen) atoms. The lowest BCUT2D eigenvalue weighted by atomic mass is 9.98. The van der Waals surface area contributed by atoms with Gasteiger partial charge in [-0.05, 0) is 43.7 Å². The van der Waals surface area contributed by atoms with Crippen LogP contribution in [-0.2, 0) is 6.54 Å². The van der Waals surface area contributed by atoms with Crippen LogP contribution in [0.2, 0.25) is 0 Å². The van der Waals surface area contributed by atoms with Crippen LogP contribution in [-0.4, -0.2) is 26.4 Å². The van der Waals surface area contributed by atoms with Gasteiger partial charge in [-0.2, -0.15) is 0 Å². The van der Waals surface area contributed by atoms with Crippen LogP contribution in [0.15, 0.2) is 59.6 Å². The van der Waals surface area contributed by atoms with E-state index < -0.39 is 0 Å². The van der Waals surface area contributed by atoms with Gasteiger partial charge in [-0.15, -0.1) is 0 Å². The lowest BCUT2D eigenvalue weighted by Crippen LogP contribution is -2.33. The van der Waals surface area contributed by atoms with Crippen LogP contribution in [0.4, 0.5) is 0 Å². The highest BCUT2D eigenvalue weighted by atomic mass is 16.3. The molecule has 0 aliphatic carbocycles. The van der Waals surface area contributed by atoms with Crippen molar-refractivity contribution in [2.45, 2.75) is 31.8 Å². The largest absolute Gasteiger partial charge is 0.461 e. The molecule has 0 saturated carbocycles. The summed E-state index contributed by atoms with van der Waals surface area (Å²) in [5.41, 5.74) is 2.28. The molecule has 122 valence electrons. The van der Waals surface area contributed by atoms with Gasteiger partial charge in [-0.1, -0.05) is 12.5 Å². The Morgan fingerprint density at radius 1 is 1.04 bits per heavy atom. The molecule has 0 radical (unpaired) electrons. The molecule has 0 aromatic carbocycles. The normalized spacial score (nSPS) is 18.6. The Morgan fingerprint density at radius 2 is 1.96 bits per heavy atom. The molecule has 1 atom stereocenters. The minimum Gasteiger partial charge on any atom is -0.461 e. The lowest BCUT2D eigenvalue weighted by molar-refractivity contribution is 0.137. The second-order valence-electron chi connectivity index (χ2n) is 6.13. The highest BCUT2D eigenvalue weighted by Crippen LogP contribution is 2.30. The fourth-order valence-electron chi connectivity index (χ4n) is 3.29. The Bertz CT molecular complexity index is 756. The molecule has 1 aliphatic heterocycles. The first kappa shape index (κ1) is 15.0. The Hall–Kier alpha value is -2.53. The van der Waals surface area contributed by atoms with Gasteiger partial charge in [0, 0.05) is 30.7 Å². The third kappa shape index (κ3) is 3.21. The van der Waals surface area contributed by atoms with E-state index in [1.165, 1.54) is 12.8 Å². The van der Waals surface area contributed by atoms with Crippen LogP contribution in [0.3, 0.4) is 0 Å². The van der Waals surface area contributed by atoms with Gasteiger partial charge in [0.1, 0.15) is 0 Å². The van der Waals surface area contributed by atoms with Crippen molar-refractivity contribution in [3.63, 3.8) is 0 Å². The van der Waals surface area contributed by atoms with Crippen molar-refractivity contribution in [1.82, 2.24) is 19.9 Å². The predicted molar refractivity (Wildman–Crippen MR) is 91.0 cm³/mol. The summed E-state index contributed by atoms with van der Waals surface area (Å²) in [4.78, 5) is 15.9. The zero-order chi connectivity index (χ0) is 16.2. The SMILES string of the molecule is c1ccc([C@H]2CCCCN2Cc2cnc(-c3ccco3)nc2)nc1. The Balaban J connectivity index is 1.50. The maximum atomic E-state index is 5.34. The summed E-state index contributed by atoms with van der Waals surface area (Å²) in [6.07, 6.45) is 11.0. The molecule has 0 N–H and O–H groups in total. The average molecular weight is 320 g/mol. The number of hydrogen-bond acceptors (Lipinski definition) is 5. The van der Waals surface area contributed by atoms with Crippen LogP contribution in [0.5, 0.6) is 0 Å². The standard InChI is InChI=1S/C19H20N4O/c1-3-9-20-16(6-1)17-7-2-4-10-23(17)14-15-12-21-19(22-13-15)18-8-5-11-24-18/h1,3,5-6,8-9,11-13,17H,2,4,7,10,14H2/t17-/m1/s1. The van der Waals surface area contributed by atoms with Gasteiger partial charge in [-0.3, -0.25) is 9.88 Å². The van der Waals surface area contributed by atoms with Gasteiger partial charge in [0.15, 0.2) is 11.6 Å². The van der Waals surface area contributed by atoms with E-state index in [4.69, 9.17) is 4.42 Å². The van der Waals surface area contributed by atoms with E-state index in [1.54, 1.807) is 6.26 Å². The van der Waals surface area contributed by atoms with E-state index in [1.807, 2.05) is 36.8 Å². The highest BCUT2D eigenvalue weighted by molar-refractivity contribution is 5.45. The first-order valence-corrected chi connectivity index (χ1v) is 8.40. The molecule has 0 spiro atoms. The second-order valence-corrected chi connectivity index (χ2v) is 6.13. The number of nitrogens with zero attached hydrogens (tertiary/aromatic N) is 4. The third-order valence-corrected chi connectivity index (χ3v) is 4.48. The molecule has 0 unspecified atom stereocenters. The smallest absolute Gasteiger partial charge is 0.195 e. The number of aromatic nitrogens is 3. The molecule has 5 nitrogen and oxygen atoms in total. The quantitative estimate of drug-likeness (QED) is 0.730. The maximum Gasteiger partial charge on any atom is 0.195 e. The molecule has 4 heterocycles. The minimum atomic E-state index is 0.379. The second kappa shape index (κ2) is 6.93. The number of pyridine rings is 1. The van der Waals surface area contributed by atoms with Gasteiger partial charge < -0.3 is 4.42 Å². The van der Waals surface area contributed by atoms with Gasteiger partial charge in [0.05, 0.1) is 18.0 Å². The predicted octanol–water partition coefficient (Wildman–Crippen LogP) is 3.86. The van der Waals surface area contributed by atoms with Crippen molar-refractivity contribution in [3.8, 4) is 11.6 Å². The highest BCUT2D eigenvalue weighted by Gasteiger charge is 2.25. The minimum absolute atomic E-state index is 0.379. The van der Waals surface area contributed by atoms with E-state index in [0.717, 1.165) is 30.8 Å². The van der Waals surface area contributed by atoms with Gasteiger partial charge >= 0.3 is 0 Å². The van der Waals surface area contributed by atoms with E-state index >= 15 is 0 Å². The zero-order valence-corrected chi connectivity index (χ0v) is 13.5. The molecule has 5 heteroatoms. The summed E-state index contributed by atoms with van der Waals surface area (Å²) in [6, 6.07) is 10.3. The monoisotopic (exact) mass is 320 g/mol. The topological polar surface area (TPSA) is 55.1 Å². The molecule has 1 saturated heterocycles. The van der Waals surface area contributed by atoms with Crippen LogP contribution < -0.4 is 0 Å². The van der Waals surface area contributed by atoms with Crippen molar-refractivity contribution in [3.05, 3.63) is 66.4 Å². The summed E-state index contributed by atoms with van der Waals surface area (Å²) in [5, 5.41) is 0. The van der Waals surface area contributed by atoms with Crippen molar-refractivity contribution >= 4 is 0 Å². The fourth-order valence-corrected chi connectivity index (χ4v) is 3.29. The summed E-state index contributed by atoms with van der Waals surface area (Å²) in [6.45, 7) is 1.93. The van der Waals surface area contributed by atoms with Gasteiger partial charge in [-0.25, -0.2) is 9.97 Å². The first-order valence-electron chi connectivity index (χ1n) is 8.40. The summed E-state index contributed by atoms with van der Waals surface area (Å²) >= 11 is 0. The van der Waals surface area contributed by atoms with E-state index in [9.17, 15) is 0 Å². The molecule has 0 bridgehead atoms. The summed E-state index contributed by atoms with van der Waals surface area (Å²) in [7, 11) is 0. The van der Waals surface area contributed by atoms with E-state index in [-0.39, 0.29) is 0 Å². The van der Waals surface area contributed by atoms with Crippen molar-refractivity contribution in [1.29, 1.82) is 0 Å². The molecule has 3 aromatic heterocycles. The molecule has 0 amide bonds. The third-order valence-electron chi connectivity index (χ3n) is 4.48. The molecule has 1 aliphatic rings. The average Bonchev–Trinajstić information content (AvgIpc) is 3.18. The summed E-state index contributed by atoms with van der Waals surface area (Å²) in [5.74, 6) is 1.33. The number of hydrogen-bond donors (Lipinski definition) is 0. The Kier molecular flexibility index (Phi) is 4.34. The van der Waals surface area contributed by atoms with E-state index in [0.29, 0.717) is 17.6 Å². The number of furan rings is 1. The lowest BCUT2D eigenvalue weighted by Gasteiger charge is -2.35. The Labute approximate surface area is 141 Å². The molecule has 3 aromatic rings. The van der Waals surface area contributed by atoms with Crippen molar-refractivity contribution in [2.75, 3.05) is 6.54 Å². The van der Waals surface area contributed by atoms with Crippen LogP contribution in [0, 0.1) is 0 Å². The molecular formula is C19H20N4O. The van der Waals surface area contributed by atoms with Gasteiger partial charge in [0.2, 0.25) is 0 Å². The van der Waals surface area contributed by atoms with Crippen LogP contribution in [0.1, 0.15) is 36.6 Å². The van der Waals surface area contributed by atoms with Crippen molar-refractivity contribution in [2.24, 2.45) is 0 Å². The molecule has 4 rings (SSSR count). The van der Waals surface area contributed by atoms with Gasteiger partial charge in [0.25, 0.3) is 0 Å². The van der Waals surface area contributed by atoms with Crippen LogP contribution >= 0.6 is 0 Å². The number of likely N-dealkylation sites (tertiary alicyclic amines) is 1. The maximum absolute atomic E-state index is 5.34. The number of piperidine rings is 1. The van der Waals surface area contributed by atoms with Crippen LogP contribution in [0.25, 0.3) is 11.6 Å².